The van der Waals surface area contributed by atoms with E-state index in [0.717, 1.165) is 25.0 Å². The third-order valence-corrected chi connectivity index (χ3v) is 3.33. The Morgan fingerprint density at radius 1 is 1.44 bits per heavy atom. The maximum atomic E-state index is 13.4. The average molecular weight is 254 g/mol. The van der Waals surface area contributed by atoms with Crippen molar-refractivity contribution >= 4 is 5.91 Å². The number of benzene rings is 1. The van der Waals surface area contributed by atoms with E-state index < -0.39 is 11.6 Å². The number of carbonyl (C=O) groups is 1. The van der Waals surface area contributed by atoms with Crippen LogP contribution < -0.4 is 5.73 Å². The van der Waals surface area contributed by atoms with Gasteiger partial charge in [0.2, 0.25) is 5.91 Å². The lowest BCUT2D eigenvalue weighted by Crippen LogP contribution is -2.40. The van der Waals surface area contributed by atoms with E-state index in [1.165, 1.54) is 6.07 Å². The lowest BCUT2D eigenvalue weighted by Gasteiger charge is -2.23. The van der Waals surface area contributed by atoms with Gasteiger partial charge in [0.05, 0.1) is 6.42 Å². The second-order valence-corrected chi connectivity index (χ2v) is 4.53. The highest BCUT2D eigenvalue weighted by molar-refractivity contribution is 5.79. The summed E-state index contributed by atoms with van der Waals surface area (Å²) in [6, 6.07) is 3.33. The molecule has 1 amide bonds. The number of nitrogens with two attached hydrogens (primary N) is 1. The predicted octanol–water partition coefficient (Wildman–Crippen LogP) is 1.46. The van der Waals surface area contributed by atoms with Gasteiger partial charge in [-0.1, -0.05) is 6.07 Å². The number of carbonyl (C=O) groups excluding carboxylic acids is 1. The molecule has 1 atom stereocenters. The van der Waals surface area contributed by atoms with Crippen molar-refractivity contribution in [3.05, 3.63) is 35.4 Å². The van der Waals surface area contributed by atoms with E-state index in [0.29, 0.717) is 13.1 Å². The van der Waals surface area contributed by atoms with Crippen LogP contribution in [0.25, 0.3) is 0 Å². The van der Waals surface area contributed by atoms with Crippen LogP contribution in [0.2, 0.25) is 0 Å². The maximum Gasteiger partial charge on any atom is 0.227 e. The number of nitrogens with zero attached hydrogens (tertiary/aromatic N) is 1. The number of hydrogen-bond donors (Lipinski definition) is 1. The van der Waals surface area contributed by atoms with Crippen molar-refractivity contribution < 1.29 is 13.6 Å². The van der Waals surface area contributed by atoms with E-state index in [1.54, 1.807) is 4.90 Å². The minimum absolute atomic E-state index is 0.0391. The third kappa shape index (κ3) is 2.67. The first-order valence-corrected chi connectivity index (χ1v) is 6.05. The van der Waals surface area contributed by atoms with Gasteiger partial charge in [0, 0.05) is 25.2 Å². The second kappa shape index (κ2) is 5.44. The molecule has 1 saturated heterocycles. The lowest BCUT2D eigenvalue weighted by atomic mass is 10.1. The molecule has 1 heterocycles. The van der Waals surface area contributed by atoms with Crippen molar-refractivity contribution in [3.63, 3.8) is 0 Å². The molecule has 1 aromatic carbocycles. The molecule has 1 aliphatic rings. The molecule has 3 nitrogen and oxygen atoms in total. The summed E-state index contributed by atoms with van der Waals surface area (Å²) >= 11 is 0. The number of rotatable bonds is 3. The smallest absolute Gasteiger partial charge is 0.227 e. The predicted molar refractivity (Wildman–Crippen MR) is 63.9 cm³/mol. The normalized spacial score (nSPS) is 19.3. The first-order chi connectivity index (χ1) is 8.61. The molecule has 5 heteroatoms. The van der Waals surface area contributed by atoms with Gasteiger partial charge in [-0.05, 0) is 24.5 Å². The number of amides is 1. The molecule has 1 aliphatic heterocycles. The minimum atomic E-state index is -0.674. The monoisotopic (exact) mass is 254 g/mol. The summed E-state index contributed by atoms with van der Waals surface area (Å²) in [6.45, 7) is 1.10. The molecule has 0 aromatic heterocycles. The topological polar surface area (TPSA) is 46.3 Å². The molecule has 0 radical (unpaired) electrons. The Morgan fingerprint density at radius 3 is 2.89 bits per heavy atom. The Hall–Kier alpha value is -1.49. The fraction of sp³-hybridized carbons (Fsp3) is 0.462. The molecular weight excluding hydrogens is 238 g/mol. The zero-order valence-electron chi connectivity index (χ0n) is 10.0. The highest BCUT2D eigenvalue weighted by Crippen LogP contribution is 2.18. The Kier molecular flexibility index (Phi) is 3.91. The molecule has 1 fully saturated rings. The first-order valence-electron chi connectivity index (χ1n) is 6.05. The number of halogens is 2. The van der Waals surface area contributed by atoms with Gasteiger partial charge in [-0.15, -0.1) is 0 Å². The second-order valence-electron chi connectivity index (χ2n) is 4.53. The number of hydrogen-bond acceptors (Lipinski definition) is 2. The Bertz CT molecular complexity index is 451. The van der Waals surface area contributed by atoms with Gasteiger partial charge in [0.15, 0.2) is 0 Å². The molecule has 2 N–H and O–H groups in total. The summed E-state index contributed by atoms with van der Waals surface area (Å²) < 4.78 is 26.2. The maximum absolute atomic E-state index is 13.4. The van der Waals surface area contributed by atoms with E-state index in [1.807, 2.05) is 0 Å². The lowest BCUT2D eigenvalue weighted by molar-refractivity contribution is -0.131. The Morgan fingerprint density at radius 2 is 2.22 bits per heavy atom. The molecule has 98 valence electrons. The van der Waals surface area contributed by atoms with E-state index >= 15 is 0 Å². The summed E-state index contributed by atoms with van der Waals surface area (Å²) in [5, 5.41) is 0. The molecule has 0 aliphatic carbocycles. The van der Waals surface area contributed by atoms with Gasteiger partial charge in [0.1, 0.15) is 11.6 Å². The SMILES string of the molecule is NCC1CCCN1C(=O)Cc1ccc(F)cc1F. The van der Waals surface area contributed by atoms with Crippen LogP contribution in [0, 0.1) is 11.6 Å². The quantitative estimate of drug-likeness (QED) is 0.887. The van der Waals surface area contributed by atoms with Gasteiger partial charge < -0.3 is 10.6 Å². The Labute approximate surface area is 105 Å². The largest absolute Gasteiger partial charge is 0.338 e. The van der Waals surface area contributed by atoms with Crippen molar-refractivity contribution in [1.29, 1.82) is 0 Å². The van der Waals surface area contributed by atoms with Crippen LogP contribution in [0.1, 0.15) is 18.4 Å². The van der Waals surface area contributed by atoms with E-state index in [9.17, 15) is 13.6 Å². The van der Waals surface area contributed by atoms with E-state index in [4.69, 9.17) is 5.73 Å². The highest BCUT2D eigenvalue weighted by Gasteiger charge is 2.27. The molecule has 0 spiro atoms. The molecule has 18 heavy (non-hydrogen) atoms. The van der Waals surface area contributed by atoms with Crippen LogP contribution in [0.5, 0.6) is 0 Å². The Balaban J connectivity index is 2.07. The fourth-order valence-corrected chi connectivity index (χ4v) is 2.34. The van der Waals surface area contributed by atoms with Crippen LogP contribution in [-0.4, -0.2) is 29.9 Å². The minimum Gasteiger partial charge on any atom is -0.338 e. The molecule has 2 rings (SSSR count). The summed E-state index contributed by atoms with van der Waals surface area (Å²) in [5.41, 5.74) is 5.81. The first kappa shape index (κ1) is 13.0. The van der Waals surface area contributed by atoms with Crippen LogP contribution in [-0.2, 0) is 11.2 Å². The van der Waals surface area contributed by atoms with Gasteiger partial charge >= 0.3 is 0 Å². The average Bonchev–Trinajstić information content (AvgIpc) is 2.81. The van der Waals surface area contributed by atoms with Crippen molar-refractivity contribution in [3.8, 4) is 0 Å². The highest BCUT2D eigenvalue weighted by atomic mass is 19.1. The van der Waals surface area contributed by atoms with Crippen LogP contribution in [0.15, 0.2) is 18.2 Å². The van der Waals surface area contributed by atoms with Crippen LogP contribution >= 0.6 is 0 Å². The number of likely N-dealkylation sites (tertiary alicyclic amines) is 1. The van der Waals surface area contributed by atoms with Gasteiger partial charge in [0.25, 0.3) is 0 Å². The van der Waals surface area contributed by atoms with Gasteiger partial charge in [-0.25, -0.2) is 8.78 Å². The van der Waals surface area contributed by atoms with Gasteiger partial charge in [-0.3, -0.25) is 4.79 Å². The van der Waals surface area contributed by atoms with E-state index in [2.05, 4.69) is 0 Å². The summed E-state index contributed by atoms with van der Waals surface area (Å²) in [4.78, 5) is 13.7. The standard InChI is InChI=1S/C13H16F2N2O/c14-10-4-3-9(12(15)7-10)6-13(18)17-5-1-2-11(17)8-16/h3-4,7,11H,1-2,5-6,8,16H2. The van der Waals surface area contributed by atoms with Crippen molar-refractivity contribution in [2.24, 2.45) is 5.73 Å². The molecular formula is C13H16F2N2O. The summed E-state index contributed by atoms with van der Waals surface area (Å²) in [7, 11) is 0. The molecule has 0 saturated carbocycles. The summed E-state index contributed by atoms with van der Waals surface area (Å²) in [6.07, 6.45) is 1.79. The van der Waals surface area contributed by atoms with Crippen molar-refractivity contribution in [2.45, 2.75) is 25.3 Å². The molecule has 0 bridgehead atoms. The van der Waals surface area contributed by atoms with Crippen LogP contribution in [0.4, 0.5) is 8.78 Å². The zero-order chi connectivity index (χ0) is 13.1. The van der Waals surface area contributed by atoms with Gasteiger partial charge in [-0.2, -0.15) is 0 Å². The van der Waals surface area contributed by atoms with Crippen LogP contribution in [0.3, 0.4) is 0 Å². The summed E-state index contributed by atoms with van der Waals surface area (Å²) in [5.74, 6) is -1.45. The third-order valence-electron chi connectivity index (χ3n) is 3.33. The van der Waals surface area contributed by atoms with Crippen molar-refractivity contribution in [1.82, 2.24) is 4.90 Å². The fourth-order valence-electron chi connectivity index (χ4n) is 2.34. The van der Waals surface area contributed by atoms with Crippen molar-refractivity contribution in [2.75, 3.05) is 13.1 Å². The molecule has 1 aromatic rings. The van der Waals surface area contributed by atoms with E-state index in [-0.39, 0.29) is 23.9 Å². The zero-order valence-corrected chi connectivity index (χ0v) is 10.0. The molecule has 1 unspecified atom stereocenters.